The molecule has 0 N–H and O–H groups in total. The second-order valence-electron chi connectivity index (χ2n) is 6.23. The molecule has 26 heavy (non-hydrogen) atoms. The summed E-state index contributed by atoms with van der Waals surface area (Å²) in [5.41, 5.74) is 1.83. The van der Waals surface area contributed by atoms with Crippen molar-refractivity contribution in [2.75, 3.05) is 13.1 Å². The van der Waals surface area contributed by atoms with Crippen molar-refractivity contribution in [3.05, 3.63) is 22.8 Å². The fourth-order valence-electron chi connectivity index (χ4n) is 2.89. The van der Waals surface area contributed by atoms with E-state index in [4.69, 9.17) is 0 Å². The fraction of sp³-hybridized carbons (Fsp3) is 0.647. The van der Waals surface area contributed by atoms with Gasteiger partial charge < -0.3 is 4.90 Å². The number of unbranched alkanes of at least 4 members (excludes halogenated alkanes) is 1. The number of rotatable bonds is 7. The predicted octanol–water partition coefficient (Wildman–Crippen LogP) is 3.34. The molecule has 0 aliphatic rings. The van der Waals surface area contributed by atoms with Gasteiger partial charge in [-0.1, -0.05) is 13.3 Å². The largest absolute Gasteiger partial charge is 0.453 e. The number of amides is 1. The Morgan fingerprint density at radius 1 is 1.19 bits per heavy atom. The van der Waals surface area contributed by atoms with E-state index in [1.165, 1.54) is 0 Å². The summed E-state index contributed by atoms with van der Waals surface area (Å²) in [6.45, 7) is 8.75. The van der Waals surface area contributed by atoms with Crippen LogP contribution in [0.15, 0.2) is 0 Å². The molecule has 9 heteroatoms. The number of alkyl halides is 3. The molecule has 0 aromatic carbocycles. The standard InChI is InChI=1S/C17H24F3N5O/c1-5-7-10-24(6-2)14(26)9-8-13-11(3)21-16-22-15(17(18,19)20)23-25(16)12(13)4/h5-10H2,1-4H3. The van der Waals surface area contributed by atoms with Crippen molar-refractivity contribution in [2.45, 2.75) is 59.6 Å². The number of fused-ring (bicyclic) bond motifs is 1. The Morgan fingerprint density at radius 3 is 2.46 bits per heavy atom. The topological polar surface area (TPSA) is 63.4 Å². The van der Waals surface area contributed by atoms with E-state index in [1.54, 1.807) is 18.7 Å². The molecule has 2 aromatic rings. The minimum atomic E-state index is -4.62. The highest BCUT2D eigenvalue weighted by atomic mass is 19.4. The van der Waals surface area contributed by atoms with Crippen molar-refractivity contribution in [1.82, 2.24) is 24.5 Å². The summed E-state index contributed by atoms with van der Waals surface area (Å²) in [5, 5.41) is 3.53. The molecule has 0 fully saturated rings. The van der Waals surface area contributed by atoms with Crippen molar-refractivity contribution >= 4 is 11.7 Å². The summed E-state index contributed by atoms with van der Waals surface area (Å²) in [6, 6.07) is 0. The highest BCUT2D eigenvalue weighted by Gasteiger charge is 2.37. The van der Waals surface area contributed by atoms with E-state index < -0.39 is 12.0 Å². The molecule has 0 bridgehead atoms. The van der Waals surface area contributed by atoms with E-state index in [1.807, 2.05) is 6.92 Å². The minimum Gasteiger partial charge on any atom is -0.343 e. The van der Waals surface area contributed by atoms with Crippen LogP contribution in [0.3, 0.4) is 0 Å². The molecule has 0 unspecified atom stereocenters. The summed E-state index contributed by atoms with van der Waals surface area (Å²) in [7, 11) is 0. The van der Waals surface area contributed by atoms with Crippen molar-refractivity contribution in [3.63, 3.8) is 0 Å². The number of hydrogen-bond acceptors (Lipinski definition) is 4. The molecule has 0 radical (unpaired) electrons. The maximum absolute atomic E-state index is 12.8. The molecule has 6 nitrogen and oxygen atoms in total. The van der Waals surface area contributed by atoms with Gasteiger partial charge in [0.25, 0.3) is 11.6 Å². The molecule has 0 saturated heterocycles. The molecule has 0 atom stereocenters. The first kappa shape index (κ1) is 20.1. The van der Waals surface area contributed by atoms with E-state index in [9.17, 15) is 18.0 Å². The smallest absolute Gasteiger partial charge is 0.343 e. The van der Waals surface area contributed by atoms with Gasteiger partial charge in [0.1, 0.15) is 0 Å². The van der Waals surface area contributed by atoms with Gasteiger partial charge in [-0.2, -0.15) is 18.2 Å². The quantitative estimate of drug-likeness (QED) is 0.749. The molecular formula is C17H24F3N5O. The lowest BCUT2D eigenvalue weighted by atomic mass is 10.1. The second-order valence-corrected chi connectivity index (χ2v) is 6.23. The summed E-state index contributed by atoms with van der Waals surface area (Å²) in [4.78, 5) is 21.8. The third kappa shape index (κ3) is 4.31. The Labute approximate surface area is 150 Å². The number of hydrogen-bond donors (Lipinski definition) is 0. The van der Waals surface area contributed by atoms with E-state index >= 15 is 0 Å². The van der Waals surface area contributed by atoms with Gasteiger partial charge in [-0.25, -0.2) is 9.50 Å². The van der Waals surface area contributed by atoms with Gasteiger partial charge in [-0.05, 0) is 39.2 Å². The Hall–Kier alpha value is -2.19. The summed E-state index contributed by atoms with van der Waals surface area (Å²) in [5.74, 6) is -1.26. The molecule has 0 aliphatic carbocycles. The fourth-order valence-corrected chi connectivity index (χ4v) is 2.89. The zero-order valence-corrected chi connectivity index (χ0v) is 15.5. The Morgan fingerprint density at radius 2 is 1.88 bits per heavy atom. The zero-order valence-electron chi connectivity index (χ0n) is 15.5. The van der Waals surface area contributed by atoms with Crippen LogP contribution in [0.1, 0.15) is 55.9 Å². The molecule has 144 valence electrons. The van der Waals surface area contributed by atoms with Gasteiger partial charge in [0.05, 0.1) is 0 Å². The number of halogens is 3. The molecule has 0 aliphatic heterocycles. The third-order valence-corrected chi connectivity index (χ3v) is 4.41. The van der Waals surface area contributed by atoms with Gasteiger partial charge in [0.2, 0.25) is 5.91 Å². The highest BCUT2D eigenvalue weighted by Crippen LogP contribution is 2.27. The number of aryl methyl sites for hydroxylation is 2. The Bertz CT molecular complexity index is 785. The van der Waals surface area contributed by atoms with Crippen LogP contribution in [-0.4, -0.2) is 43.5 Å². The lowest BCUT2D eigenvalue weighted by Gasteiger charge is -2.21. The van der Waals surface area contributed by atoms with Crippen LogP contribution >= 0.6 is 0 Å². The Balaban J connectivity index is 2.23. The van der Waals surface area contributed by atoms with Crippen LogP contribution in [0.25, 0.3) is 5.78 Å². The minimum absolute atomic E-state index is 0.0365. The summed E-state index contributed by atoms with van der Waals surface area (Å²) < 4.78 is 39.6. The maximum Gasteiger partial charge on any atom is 0.453 e. The van der Waals surface area contributed by atoms with Crippen LogP contribution < -0.4 is 0 Å². The summed E-state index contributed by atoms with van der Waals surface area (Å²) in [6.07, 6.45) is -1.97. The lowest BCUT2D eigenvalue weighted by molar-refractivity contribution is -0.144. The van der Waals surface area contributed by atoms with Gasteiger partial charge in [0.15, 0.2) is 0 Å². The number of aromatic nitrogens is 4. The zero-order chi connectivity index (χ0) is 19.5. The van der Waals surface area contributed by atoms with E-state index in [-0.39, 0.29) is 18.1 Å². The van der Waals surface area contributed by atoms with E-state index in [0.717, 1.165) is 29.5 Å². The van der Waals surface area contributed by atoms with Crippen LogP contribution in [0.2, 0.25) is 0 Å². The van der Waals surface area contributed by atoms with Gasteiger partial charge >= 0.3 is 6.18 Å². The first-order valence-corrected chi connectivity index (χ1v) is 8.76. The van der Waals surface area contributed by atoms with Crippen LogP contribution in [0.5, 0.6) is 0 Å². The molecule has 0 saturated carbocycles. The number of nitrogens with zero attached hydrogens (tertiary/aromatic N) is 5. The average Bonchev–Trinajstić information content (AvgIpc) is 2.99. The summed E-state index contributed by atoms with van der Waals surface area (Å²) >= 11 is 0. The van der Waals surface area contributed by atoms with Crippen molar-refractivity contribution in [2.24, 2.45) is 0 Å². The van der Waals surface area contributed by atoms with Gasteiger partial charge in [-0.15, -0.1) is 5.10 Å². The number of carbonyl (C=O) groups excluding carboxylic acids is 1. The van der Waals surface area contributed by atoms with Crippen LogP contribution in [0.4, 0.5) is 13.2 Å². The SMILES string of the molecule is CCCCN(CC)C(=O)CCc1c(C)nc2nc(C(F)(F)F)nn2c1C. The highest BCUT2D eigenvalue weighted by molar-refractivity contribution is 5.76. The molecule has 2 aromatic heterocycles. The van der Waals surface area contributed by atoms with E-state index in [0.29, 0.717) is 24.4 Å². The lowest BCUT2D eigenvalue weighted by Crippen LogP contribution is -2.32. The normalized spacial score (nSPS) is 12.0. The van der Waals surface area contributed by atoms with Gasteiger partial charge in [-0.3, -0.25) is 4.79 Å². The third-order valence-electron chi connectivity index (χ3n) is 4.41. The first-order chi connectivity index (χ1) is 12.2. The molecular weight excluding hydrogens is 347 g/mol. The molecule has 2 rings (SSSR count). The van der Waals surface area contributed by atoms with Crippen molar-refractivity contribution in [1.29, 1.82) is 0 Å². The number of carbonyl (C=O) groups is 1. The molecule has 1 amide bonds. The van der Waals surface area contributed by atoms with Gasteiger partial charge in [0, 0.05) is 30.9 Å². The monoisotopic (exact) mass is 371 g/mol. The van der Waals surface area contributed by atoms with Crippen molar-refractivity contribution < 1.29 is 18.0 Å². The van der Waals surface area contributed by atoms with Crippen LogP contribution in [-0.2, 0) is 17.4 Å². The second kappa shape index (κ2) is 8.01. The maximum atomic E-state index is 12.8. The van der Waals surface area contributed by atoms with Crippen molar-refractivity contribution in [3.8, 4) is 0 Å². The first-order valence-electron chi connectivity index (χ1n) is 8.76. The average molecular weight is 371 g/mol. The molecule has 0 spiro atoms. The Kier molecular flexibility index (Phi) is 6.20. The van der Waals surface area contributed by atoms with E-state index in [2.05, 4.69) is 22.0 Å². The predicted molar refractivity (Wildman–Crippen MR) is 90.7 cm³/mol. The van der Waals surface area contributed by atoms with Crippen LogP contribution in [0, 0.1) is 13.8 Å². The molecule has 2 heterocycles.